The highest BCUT2D eigenvalue weighted by molar-refractivity contribution is 9.10. The molecule has 0 bridgehead atoms. The Morgan fingerprint density at radius 1 is 1.44 bits per heavy atom. The number of halogens is 1. The van der Waals surface area contributed by atoms with E-state index in [0.29, 0.717) is 6.42 Å². The molecule has 1 fully saturated rings. The number of aliphatic hydroxyl groups excluding tert-OH is 1. The van der Waals surface area contributed by atoms with Crippen LogP contribution < -0.4 is 4.72 Å². The van der Waals surface area contributed by atoms with Crippen LogP contribution in [0.15, 0.2) is 28.7 Å². The molecule has 4 nitrogen and oxygen atoms in total. The highest BCUT2D eigenvalue weighted by atomic mass is 79.9. The van der Waals surface area contributed by atoms with Crippen LogP contribution in [0.1, 0.15) is 24.8 Å². The average Bonchev–Trinajstić information content (AvgIpc) is 3.08. The highest BCUT2D eigenvalue weighted by Crippen LogP contribution is 2.45. The van der Waals surface area contributed by atoms with Crippen LogP contribution in [-0.2, 0) is 10.0 Å². The Morgan fingerprint density at radius 3 is 2.61 bits per heavy atom. The SMILES string of the molecule is C[C@@H](O)CNS(=O)(=O)C1CC1c1ccc(Br)cc1. The molecule has 2 N–H and O–H groups in total. The minimum atomic E-state index is -3.31. The molecular formula is C12H16BrNO3S. The van der Waals surface area contributed by atoms with Gasteiger partial charge in [0.15, 0.2) is 0 Å². The topological polar surface area (TPSA) is 66.4 Å². The fraction of sp³-hybridized carbons (Fsp3) is 0.500. The smallest absolute Gasteiger partial charge is 0.215 e. The molecule has 0 amide bonds. The molecule has 6 heteroatoms. The number of nitrogens with one attached hydrogen (secondary N) is 1. The average molecular weight is 334 g/mol. The number of hydrogen-bond donors (Lipinski definition) is 2. The molecule has 1 aliphatic carbocycles. The molecule has 0 saturated heterocycles. The van der Waals surface area contributed by atoms with Gasteiger partial charge in [-0.1, -0.05) is 28.1 Å². The molecular weight excluding hydrogens is 318 g/mol. The number of aliphatic hydroxyl groups is 1. The Morgan fingerprint density at radius 2 is 2.06 bits per heavy atom. The van der Waals surface area contributed by atoms with E-state index in [1.807, 2.05) is 24.3 Å². The summed E-state index contributed by atoms with van der Waals surface area (Å²) < 4.78 is 27.3. The van der Waals surface area contributed by atoms with Crippen LogP contribution in [0.2, 0.25) is 0 Å². The summed E-state index contributed by atoms with van der Waals surface area (Å²) in [4.78, 5) is 0. The molecule has 0 heterocycles. The second-order valence-corrected chi connectivity index (χ2v) is 7.57. The van der Waals surface area contributed by atoms with Crippen molar-refractivity contribution in [1.82, 2.24) is 4.72 Å². The molecule has 0 radical (unpaired) electrons. The first-order valence-corrected chi connectivity index (χ1v) is 8.16. The van der Waals surface area contributed by atoms with E-state index < -0.39 is 16.1 Å². The molecule has 2 unspecified atom stereocenters. The van der Waals surface area contributed by atoms with Crippen molar-refractivity contribution in [3.05, 3.63) is 34.3 Å². The molecule has 2 rings (SSSR count). The van der Waals surface area contributed by atoms with Crippen molar-refractivity contribution in [3.8, 4) is 0 Å². The maximum absolute atomic E-state index is 11.9. The first-order chi connectivity index (χ1) is 8.40. The zero-order valence-electron chi connectivity index (χ0n) is 10.0. The quantitative estimate of drug-likeness (QED) is 0.860. The fourth-order valence-corrected chi connectivity index (χ4v) is 3.92. The lowest BCUT2D eigenvalue weighted by Crippen LogP contribution is -2.33. The zero-order valence-corrected chi connectivity index (χ0v) is 12.4. The van der Waals surface area contributed by atoms with Gasteiger partial charge in [-0.2, -0.15) is 0 Å². The normalized spacial score (nSPS) is 24.8. The largest absolute Gasteiger partial charge is 0.392 e. The number of benzene rings is 1. The van der Waals surface area contributed by atoms with Crippen molar-refractivity contribution in [2.45, 2.75) is 30.6 Å². The second-order valence-electron chi connectivity index (χ2n) is 4.67. The number of hydrogen-bond acceptors (Lipinski definition) is 3. The minimum Gasteiger partial charge on any atom is -0.392 e. The predicted octanol–water partition coefficient (Wildman–Crippen LogP) is 1.61. The van der Waals surface area contributed by atoms with Gasteiger partial charge in [-0.3, -0.25) is 0 Å². The summed E-state index contributed by atoms with van der Waals surface area (Å²) in [5.74, 6) is 0.0737. The maximum Gasteiger partial charge on any atom is 0.215 e. The molecule has 1 saturated carbocycles. The molecule has 0 spiro atoms. The van der Waals surface area contributed by atoms with E-state index in [2.05, 4.69) is 20.7 Å². The Labute approximate surface area is 116 Å². The lowest BCUT2D eigenvalue weighted by atomic mass is 10.1. The monoisotopic (exact) mass is 333 g/mol. The van der Waals surface area contributed by atoms with E-state index in [0.717, 1.165) is 10.0 Å². The Hall–Kier alpha value is -0.430. The summed E-state index contributed by atoms with van der Waals surface area (Å²) in [6.07, 6.45) is -0.0128. The Balaban J connectivity index is 2.00. The first-order valence-electron chi connectivity index (χ1n) is 5.82. The van der Waals surface area contributed by atoms with Gasteiger partial charge < -0.3 is 5.11 Å². The van der Waals surface area contributed by atoms with E-state index >= 15 is 0 Å². The number of rotatable bonds is 5. The van der Waals surface area contributed by atoms with Crippen molar-refractivity contribution < 1.29 is 13.5 Å². The van der Waals surface area contributed by atoms with Gasteiger partial charge >= 0.3 is 0 Å². The van der Waals surface area contributed by atoms with Crippen molar-refractivity contribution in [2.24, 2.45) is 0 Å². The van der Waals surface area contributed by atoms with Crippen LogP contribution in [-0.4, -0.2) is 31.4 Å². The van der Waals surface area contributed by atoms with Gasteiger partial charge in [0.25, 0.3) is 0 Å². The summed E-state index contributed by atoms with van der Waals surface area (Å²) in [7, 11) is -3.31. The third kappa shape index (κ3) is 3.32. The summed E-state index contributed by atoms with van der Waals surface area (Å²) in [5.41, 5.74) is 1.05. The standard InChI is InChI=1S/C12H16BrNO3S/c1-8(15)7-14-18(16,17)12-6-11(12)9-2-4-10(13)5-3-9/h2-5,8,11-12,14-15H,6-7H2,1H3/t8-,11?,12?/m1/s1. The predicted molar refractivity (Wildman–Crippen MR) is 73.9 cm³/mol. The van der Waals surface area contributed by atoms with Crippen molar-refractivity contribution in [2.75, 3.05) is 6.54 Å². The molecule has 100 valence electrons. The molecule has 1 aliphatic rings. The third-order valence-electron chi connectivity index (χ3n) is 3.01. The van der Waals surface area contributed by atoms with Gasteiger partial charge in [0.05, 0.1) is 11.4 Å². The minimum absolute atomic E-state index is 0.0737. The van der Waals surface area contributed by atoms with Crippen molar-refractivity contribution >= 4 is 26.0 Å². The highest BCUT2D eigenvalue weighted by Gasteiger charge is 2.47. The summed E-state index contributed by atoms with van der Waals surface area (Å²) in [5, 5.41) is 8.74. The second kappa shape index (κ2) is 5.28. The van der Waals surface area contributed by atoms with Crippen LogP contribution in [0.25, 0.3) is 0 Å². The number of sulfonamides is 1. The van der Waals surface area contributed by atoms with Crippen LogP contribution >= 0.6 is 15.9 Å². The van der Waals surface area contributed by atoms with Gasteiger partial charge in [-0.25, -0.2) is 13.1 Å². The Bertz CT molecular complexity index is 513. The molecule has 3 atom stereocenters. The van der Waals surface area contributed by atoms with E-state index in [9.17, 15) is 8.42 Å². The van der Waals surface area contributed by atoms with Crippen LogP contribution in [0.5, 0.6) is 0 Å². The van der Waals surface area contributed by atoms with Gasteiger partial charge in [-0.15, -0.1) is 0 Å². The summed E-state index contributed by atoms with van der Waals surface area (Å²) in [6.45, 7) is 1.63. The summed E-state index contributed by atoms with van der Waals surface area (Å²) in [6, 6.07) is 7.72. The third-order valence-corrected chi connectivity index (χ3v) is 5.42. The van der Waals surface area contributed by atoms with Gasteiger partial charge in [0.1, 0.15) is 0 Å². The zero-order chi connectivity index (χ0) is 13.3. The maximum atomic E-state index is 11.9. The molecule has 0 aliphatic heterocycles. The molecule has 18 heavy (non-hydrogen) atoms. The van der Waals surface area contributed by atoms with Crippen molar-refractivity contribution in [1.29, 1.82) is 0 Å². The van der Waals surface area contributed by atoms with Crippen molar-refractivity contribution in [3.63, 3.8) is 0 Å². The lowest BCUT2D eigenvalue weighted by molar-refractivity contribution is 0.198. The van der Waals surface area contributed by atoms with Crippen LogP contribution in [0, 0.1) is 0 Å². The van der Waals surface area contributed by atoms with Gasteiger partial charge in [0, 0.05) is 16.9 Å². The molecule has 1 aromatic rings. The van der Waals surface area contributed by atoms with E-state index in [1.54, 1.807) is 6.92 Å². The molecule has 0 aromatic heterocycles. The molecule has 1 aromatic carbocycles. The lowest BCUT2D eigenvalue weighted by Gasteiger charge is -2.08. The van der Waals surface area contributed by atoms with E-state index in [-0.39, 0.29) is 17.7 Å². The summed E-state index contributed by atoms with van der Waals surface area (Å²) >= 11 is 3.35. The van der Waals surface area contributed by atoms with Crippen LogP contribution in [0.4, 0.5) is 0 Å². The fourth-order valence-electron chi connectivity index (χ4n) is 1.92. The van der Waals surface area contributed by atoms with Gasteiger partial charge in [-0.05, 0) is 31.0 Å². The van der Waals surface area contributed by atoms with E-state index in [1.165, 1.54) is 0 Å². The Kier molecular flexibility index (Phi) is 4.11. The van der Waals surface area contributed by atoms with Gasteiger partial charge in [0.2, 0.25) is 10.0 Å². The van der Waals surface area contributed by atoms with Crippen LogP contribution in [0.3, 0.4) is 0 Å². The first kappa shape index (κ1) is 14.0. The van der Waals surface area contributed by atoms with E-state index in [4.69, 9.17) is 5.11 Å².